The lowest BCUT2D eigenvalue weighted by molar-refractivity contribution is 0.0466. The molecule has 100 valence electrons. The standard InChI is InChI=1S/C13H15N3O3/c1-3-18-12-6-4-5-11(15-12)9-19-13(17)10-7-14-16(2)8-10/h4-8H,3,9H2,1-2H3. The monoisotopic (exact) mass is 261 g/mol. The summed E-state index contributed by atoms with van der Waals surface area (Å²) in [6.07, 6.45) is 3.07. The highest BCUT2D eigenvalue weighted by atomic mass is 16.5. The van der Waals surface area contributed by atoms with Gasteiger partial charge in [-0.15, -0.1) is 0 Å². The molecule has 0 unspecified atom stereocenters. The van der Waals surface area contributed by atoms with E-state index in [0.717, 1.165) is 0 Å². The Hall–Kier alpha value is -2.37. The molecule has 0 radical (unpaired) electrons. The normalized spacial score (nSPS) is 10.2. The largest absolute Gasteiger partial charge is 0.478 e. The Morgan fingerprint density at radius 3 is 2.95 bits per heavy atom. The van der Waals surface area contributed by atoms with Crippen molar-refractivity contribution < 1.29 is 14.3 Å². The summed E-state index contributed by atoms with van der Waals surface area (Å²) < 4.78 is 12.0. The van der Waals surface area contributed by atoms with Crippen molar-refractivity contribution in [1.82, 2.24) is 14.8 Å². The summed E-state index contributed by atoms with van der Waals surface area (Å²) in [7, 11) is 1.74. The number of pyridine rings is 1. The van der Waals surface area contributed by atoms with Crippen LogP contribution >= 0.6 is 0 Å². The van der Waals surface area contributed by atoms with Crippen molar-refractivity contribution in [3.8, 4) is 5.88 Å². The lowest BCUT2D eigenvalue weighted by atomic mass is 10.3. The van der Waals surface area contributed by atoms with Gasteiger partial charge in [0.2, 0.25) is 5.88 Å². The van der Waals surface area contributed by atoms with Crippen molar-refractivity contribution in [2.45, 2.75) is 13.5 Å². The van der Waals surface area contributed by atoms with E-state index in [1.165, 1.54) is 6.20 Å². The molecule has 0 aliphatic rings. The third-order valence-corrected chi connectivity index (χ3v) is 2.37. The highest BCUT2D eigenvalue weighted by molar-refractivity contribution is 5.88. The molecular formula is C13H15N3O3. The van der Waals surface area contributed by atoms with Crippen LogP contribution in [-0.4, -0.2) is 27.3 Å². The summed E-state index contributed by atoms with van der Waals surface area (Å²) in [5.41, 5.74) is 1.06. The third-order valence-electron chi connectivity index (χ3n) is 2.37. The van der Waals surface area contributed by atoms with Crippen molar-refractivity contribution in [2.75, 3.05) is 6.61 Å². The van der Waals surface area contributed by atoms with Gasteiger partial charge in [0.05, 0.1) is 24.1 Å². The topological polar surface area (TPSA) is 66.2 Å². The molecular weight excluding hydrogens is 246 g/mol. The van der Waals surface area contributed by atoms with Crippen molar-refractivity contribution in [3.63, 3.8) is 0 Å². The number of nitrogens with zero attached hydrogens (tertiary/aromatic N) is 3. The fraction of sp³-hybridized carbons (Fsp3) is 0.308. The summed E-state index contributed by atoms with van der Waals surface area (Å²) >= 11 is 0. The first-order chi connectivity index (χ1) is 9.19. The zero-order chi connectivity index (χ0) is 13.7. The highest BCUT2D eigenvalue weighted by Crippen LogP contribution is 2.09. The molecule has 6 nitrogen and oxygen atoms in total. The zero-order valence-electron chi connectivity index (χ0n) is 10.9. The van der Waals surface area contributed by atoms with Crippen molar-refractivity contribution in [2.24, 2.45) is 7.05 Å². The van der Waals surface area contributed by atoms with E-state index in [1.807, 2.05) is 13.0 Å². The van der Waals surface area contributed by atoms with Crippen LogP contribution in [0.4, 0.5) is 0 Å². The smallest absolute Gasteiger partial charge is 0.341 e. The van der Waals surface area contributed by atoms with E-state index in [2.05, 4.69) is 10.1 Å². The van der Waals surface area contributed by atoms with Gasteiger partial charge in [-0.1, -0.05) is 6.07 Å². The quantitative estimate of drug-likeness (QED) is 0.764. The number of ether oxygens (including phenoxy) is 2. The van der Waals surface area contributed by atoms with E-state index < -0.39 is 5.97 Å². The number of hydrogen-bond donors (Lipinski definition) is 0. The van der Waals surface area contributed by atoms with Crippen LogP contribution in [0.25, 0.3) is 0 Å². The summed E-state index contributed by atoms with van der Waals surface area (Å²) in [5.74, 6) is 0.106. The minimum absolute atomic E-state index is 0.106. The molecule has 0 atom stereocenters. The maximum Gasteiger partial charge on any atom is 0.341 e. The average Bonchev–Trinajstić information content (AvgIpc) is 2.84. The molecule has 19 heavy (non-hydrogen) atoms. The fourth-order valence-electron chi connectivity index (χ4n) is 1.52. The Morgan fingerprint density at radius 2 is 2.26 bits per heavy atom. The Balaban J connectivity index is 1.95. The van der Waals surface area contributed by atoms with Gasteiger partial charge in [-0.25, -0.2) is 9.78 Å². The molecule has 0 saturated carbocycles. The molecule has 0 saturated heterocycles. The number of hydrogen-bond acceptors (Lipinski definition) is 5. The summed E-state index contributed by atoms with van der Waals surface area (Å²) in [4.78, 5) is 15.9. The molecule has 0 amide bonds. The Labute approximate surface area is 111 Å². The highest BCUT2D eigenvalue weighted by Gasteiger charge is 2.10. The van der Waals surface area contributed by atoms with Gasteiger partial charge in [-0.3, -0.25) is 4.68 Å². The molecule has 2 heterocycles. The molecule has 0 aliphatic heterocycles. The van der Waals surface area contributed by atoms with E-state index in [9.17, 15) is 4.79 Å². The number of aromatic nitrogens is 3. The summed E-state index contributed by atoms with van der Waals surface area (Å²) in [6.45, 7) is 2.54. The second-order valence-electron chi connectivity index (χ2n) is 3.88. The van der Waals surface area contributed by atoms with Crippen LogP contribution < -0.4 is 4.74 Å². The molecule has 6 heteroatoms. The molecule has 0 aliphatic carbocycles. The first-order valence-corrected chi connectivity index (χ1v) is 5.93. The maximum absolute atomic E-state index is 11.7. The van der Waals surface area contributed by atoms with E-state index in [1.54, 1.807) is 30.1 Å². The predicted molar refractivity (Wildman–Crippen MR) is 67.7 cm³/mol. The van der Waals surface area contributed by atoms with Crippen molar-refractivity contribution >= 4 is 5.97 Å². The second kappa shape index (κ2) is 5.99. The Morgan fingerprint density at radius 1 is 1.42 bits per heavy atom. The SMILES string of the molecule is CCOc1cccc(COC(=O)c2cnn(C)c2)n1. The number of carbonyl (C=O) groups excluding carboxylic acids is 1. The lowest BCUT2D eigenvalue weighted by Crippen LogP contribution is -2.06. The van der Waals surface area contributed by atoms with E-state index in [0.29, 0.717) is 23.7 Å². The van der Waals surface area contributed by atoms with Crippen LogP contribution in [0.3, 0.4) is 0 Å². The Kier molecular flexibility index (Phi) is 4.12. The van der Waals surface area contributed by atoms with Crippen LogP contribution in [-0.2, 0) is 18.4 Å². The van der Waals surface area contributed by atoms with E-state index in [-0.39, 0.29) is 6.61 Å². The van der Waals surface area contributed by atoms with Gasteiger partial charge in [0.1, 0.15) is 6.61 Å². The second-order valence-corrected chi connectivity index (χ2v) is 3.88. The molecule has 0 N–H and O–H groups in total. The maximum atomic E-state index is 11.7. The molecule has 0 spiro atoms. The van der Waals surface area contributed by atoms with E-state index in [4.69, 9.17) is 9.47 Å². The van der Waals surface area contributed by atoms with Crippen molar-refractivity contribution in [3.05, 3.63) is 41.9 Å². The first-order valence-electron chi connectivity index (χ1n) is 5.93. The average molecular weight is 261 g/mol. The lowest BCUT2D eigenvalue weighted by Gasteiger charge is -2.05. The number of aryl methyl sites for hydroxylation is 1. The zero-order valence-corrected chi connectivity index (χ0v) is 10.9. The summed E-state index contributed by atoms with van der Waals surface area (Å²) in [6, 6.07) is 5.35. The molecule has 0 bridgehead atoms. The van der Waals surface area contributed by atoms with E-state index >= 15 is 0 Å². The van der Waals surface area contributed by atoms with Crippen LogP contribution in [0.15, 0.2) is 30.6 Å². The van der Waals surface area contributed by atoms with Gasteiger partial charge in [0.15, 0.2) is 0 Å². The number of esters is 1. The predicted octanol–water partition coefficient (Wildman–Crippen LogP) is 1.57. The first kappa shape index (κ1) is 13.1. The van der Waals surface area contributed by atoms with Crippen LogP contribution in [0.2, 0.25) is 0 Å². The fourth-order valence-corrected chi connectivity index (χ4v) is 1.52. The van der Waals surface area contributed by atoms with Crippen LogP contribution in [0.1, 0.15) is 23.0 Å². The number of carbonyl (C=O) groups is 1. The Bertz CT molecular complexity index is 566. The molecule has 2 rings (SSSR count). The third kappa shape index (κ3) is 3.54. The van der Waals surface area contributed by atoms with Gasteiger partial charge in [-0.2, -0.15) is 5.10 Å². The van der Waals surface area contributed by atoms with Gasteiger partial charge in [-0.05, 0) is 13.0 Å². The van der Waals surface area contributed by atoms with Gasteiger partial charge >= 0.3 is 5.97 Å². The van der Waals surface area contributed by atoms with Gasteiger partial charge < -0.3 is 9.47 Å². The molecule has 0 fully saturated rings. The minimum atomic E-state index is -0.420. The van der Waals surface area contributed by atoms with Crippen LogP contribution in [0, 0.1) is 0 Å². The molecule has 0 aromatic carbocycles. The van der Waals surface area contributed by atoms with Crippen LogP contribution in [0.5, 0.6) is 5.88 Å². The minimum Gasteiger partial charge on any atom is -0.478 e. The van der Waals surface area contributed by atoms with Gasteiger partial charge in [0, 0.05) is 19.3 Å². The van der Waals surface area contributed by atoms with Gasteiger partial charge in [0.25, 0.3) is 0 Å². The van der Waals surface area contributed by atoms with Crippen molar-refractivity contribution in [1.29, 1.82) is 0 Å². The molecule has 2 aromatic rings. The number of rotatable bonds is 5. The molecule has 2 aromatic heterocycles. The summed E-state index contributed by atoms with van der Waals surface area (Å²) in [5, 5.41) is 3.91.